The summed E-state index contributed by atoms with van der Waals surface area (Å²) in [5.74, 6) is -1.59. The Morgan fingerprint density at radius 1 is 0.942 bits per heavy atom. The van der Waals surface area contributed by atoms with Gasteiger partial charge in [0.2, 0.25) is 23.6 Å². The topological polar surface area (TPSA) is 141 Å². The summed E-state index contributed by atoms with van der Waals surface area (Å²) in [4.78, 5) is 58.7. The van der Waals surface area contributed by atoms with Gasteiger partial charge in [-0.3, -0.25) is 19.2 Å². The van der Waals surface area contributed by atoms with Crippen molar-refractivity contribution in [2.75, 3.05) is 34.9 Å². The average molecular weight is 844 g/mol. The smallest absolute Gasteiger partial charge is 0.245 e. The molecule has 0 radical (unpaired) electrons. The zero-order chi connectivity index (χ0) is 39.4. The molecule has 0 saturated carbocycles. The summed E-state index contributed by atoms with van der Waals surface area (Å²) < 4.78 is 13.8. The summed E-state index contributed by atoms with van der Waals surface area (Å²) in [5, 5.41) is 16.8. The van der Waals surface area contributed by atoms with Gasteiger partial charge in [-0.1, -0.05) is 85.2 Å². The van der Waals surface area contributed by atoms with Gasteiger partial charge in [-0.25, -0.2) is 3.11 Å². The first kappa shape index (κ1) is 45.8. The molecule has 52 heavy (non-hydrogen) atoms. The van der Waals surface area contributed by atoms with Crippen LogP contribution in [-0.4, -0.2) is 119 Å². The van der Waals surface area contributed by atoms with Gasteiger partial charge in [0, 0.05) is 50.7 Å². The van der Waals surface area contributed by atoms with Crippen molar-refractivity contribution in [1.82, 2.24) is 23.5 Å². The molecule has 0 aliphatic carbocycles. The van der Waals surface area contributed by atoms with Gasteiger partial charge in [-0.15, -0.1) is 0 Å². The fourth-order valence-electron chi connectivity index (χ4n) is 7.53. The summed E-state index contributed by atoms with van der Waals surface area (Å²) in [7, 11) is 6.70. The van der Waals surface area contributed by atoms with Crippen molar-refractivity contribution < 1.29 is 33.8 Å². The predicted molar refractivity (Wildman–Crippen MR) is 212 cm³/mol. The van der Waals surface area contributed by atoms with Crippen LogP contribution in [0.2, 0.25) is 0 Å². The molecule has 1 aromatic carbocycles. The van der Waals surface area contributed by atoms with Gasteiger partial charge in [-0.2, -0.15) is 0 Å². The molecule has 2 rings (SSSR count). The van der Waals surface area contributed by atoms with E-state index in [9.17, 15) is 24.3 Å². The van der Waals surface area contributed by atoms with Gasteiger partial charge >= 0.3 is 0 Å². The fraction of sp³-hybridized carbons (Fsp3) is 0.744. The number of methoxy groups -OCH3 is 2. The monoisotopic (exact) mass is 843 g/mol. The first-order valence-electron chi connectivity index (χ1n) is 18.8. The molecule has 1 saturated heterocycles. The van der Waals surface area contributed by atoms with Crippen molar-refractivity contribution >= 4 is 46.5 Å². The summed E-state index contributed by atoms with van der Waals surface area (Å²) in [6.45, 7) is 15.9. The number of carbonyl (C=O) groups is 4. The minimum absolute atomic E-state index is 0.0165. The first-order chi connectivity index (χ1) is 24.4. The molecule has 13 heteroatoms. The lowest BCUT2D eigenvalue weighted by Gasteiger charge is -2.41. The van der Waals surface area contributed by atoms with E-state index in [0.717, 1.165) is 12.8 Å². The molecule has 0 unspecified atom stereocenters. The summed E-state index contributed by atoms with van der Waals surface area (Å²) in [6.07, 6.45) is 0.143. The van der Waals surface area contributed by atoms with Crippen LogP contribution in [0.15, 0.2) is 30.3 Å². The molecule has 0 bridgehead atoms. The third-order valence-corrected chi connectivity index (χ3v) is 11.4. The molecule has 4 amide bonds. The maximum absolute atomic E-state index is 14.2. The van der Waals surface area contributed by atoms with Crippen molar-refractivity contribution in [2.45, 2.75) is 130 Å². The zero-order valence-corrected chi connectivity index (χ0v) is 35.6. The second kappa shape index (κ2) is 21.5. The zero-order valence-electron chi connectivity index (χ0n) is 33.5. The Balaban J connectivity index is 2.25. The van der Waals surface area contributed by atoms with Crippen LogP contribution in [0.5, 0.6) is 0 Å². The molecule has 1 aliphatic rings. The standard InChI is InChI=1S/C39H66IN5O7/c1-13-25(6)34(43(9)39(50)32(23(2)3)42-38(49)33(24(4)5)44(10)40)30(51-11)22-31(46)45-21-17-20-29(45)36(52-12)26(7)37(48)41-27(8)35(47)28-18-15-14-16-19-28/h14-16,18-19,23-27,29-30,32-36,47H,13,17,20-22H2,1-12H3,(H,41,48)(H,42,49)/t25-,26+,27+,29-,30+,32-,33-,34-,35+,36+/m0/s1. The van der Waals surface area contributed by atoms with Crippen molar-refractivity contribution in [2.24, 2.45) is 23.7 Å². The van der Waals surface area contributed by atoms with Crippen molar-refractivity contribution in [3.8, 4) is 0 Å². The van der Waals surface area contributed by atoms with Gasteiger partial charge in [0.05, 0.1) is 48.8 Å². The lowest BCUT2D eigenvalue weighted by molar-refractivity contribution is -0.148. The van der Waals surface area contributed by atoms with E-state index in [-0.39, 0.29) is 53.8 Å². The Kier molecular flexibility index (Phi) is 19.0. The van der Waals surface area contributed by atoms with E-state index in [1.54, 1.807) is 44.9 Å². The number of carbonyl (C=O) groups excluding carboxylic acids is 4. The van der Waals surface area contributed by atoms with Crippen LogP contribution in [0, 0.1) is 23.7 Å². The number of rotatable bonds is 20. The SMILES string of the molecule is CC[C@H](C)[C@@H]([C@@H](CC(=O)N1CCC[C@H]1[C@H](OC)[C@@H](C)C(=O)N[C@H](C)[C@@H](O)c1ccccc1)OC)N(C)C(=O)[C@@H](NC(=O)[C@H](C(C)C)N(C)I)C(C)C. The number of nitrogens with zero attached hydrogens (tertiary/aromatic N) is 3. The van der Waals surface area contributed by atoms with Crippen LogP contribution in [0.25, 0.3) is 0 Å². The van der Waals surface area contributed by atoms with Gasteiger partial charge in [0.1, 0.15) is 12.1 Å². The van der Waals surface area contributed by atoms with Crippen LogP contribution < -0.4 is 10.6 Å². The van der Waals surface area contributed by atoms with Crippen LogP contribution >= 0.6 is 22.9 Å². The molecular formula is C39H66IN5O7. The third-order valence-electron chi connectivity index (χ3n) is 10.8. The predicted octanol–water partition coefficient (Wildman–Crippen LogP) is 4.59. The van der Waals surface area contributed by atoms with Crippen LogP contribution in [0.1, 0.15) is 92.7 Å². The second-order valence-corrected chi connectivity index (χ2v) is 16.7. The molecule has 1 aliphatic heterocycles. The number of hydrogen-bond acceptors (Lipinski definition) is 8. The van der Waals surface area contributed by atoms with Crippen molar-refractivity contribution in [3.63, 3.8) is 0 Å². The molecule has 296 valence electrons. The van der Waals surface area contributed by atoms with Crippen molar-refractivity contribution in [3.05, 3.63) is 35.9 Å². The van der Waals surface area contributed by atoms with E-state index < -0.39 is 48.4 Å². The van der Waals surface area contributed by atoms with E-state index in [1.165, 1.54) is 0 Å². The van der Waals surface area contributed by atoms with E-state index in [1.807, 2.05) is 82.0 Å². The quantitative estimate of drug-likeness (QED) is 0.128. The molecule has 1 aromatic rings. The normalized spacial score (nSPS) is 20.1. The molecule has 1 fully saturated rings. The number of benzene rings is 1. The van der Waals surface area contributed by atoms with Crippen LogP contribution in [0.3, 0.4) is 0 Å². The minimum atomic E-state index is -0.876. The Morgan fingerprint density at radius 2 is 1.56 bits per heavy atom. The fourth-order valence-corrected chi connectivity index (χ4v) is 8.42. The summed E-state index contributed by atoms with van der Waals surface area (Å²) in [5.41, 5.74) is 0.711. The largest absolute Gasteiger partial charge is 0.386 e. The summed E-state index contributed by atoms with van der Waals surface area (Å²) >= 11 is 2.11. The van der Waals surface area contributed by atoms with Crippen molar-refractivity contribution in [1.29, 1.82) is 0 Å². The van der Waals surface area contributed by atoms with Gasteiger partial charge in [0.25, 0.3) is 0 Å². The number of halogens is 1. The highest BCUT2D eigenvalue weighted by Crippen LogP contribution is 2.30. The average Bonchev–Trinajstić information content (AvgIpc) is 3.59. The molecule has 1 heterocycles. The Morgan fingerprint density at radius 3 is 2.06 bits per heavy atom. The molecule has 0 spiro atoms. The number of hydrogen-bond donors (Lipinski definition) is 3. The van der Waals surface area contributed by atoms with Gasteiger partial charge in [0.15, 0.2) is 0 Å². The summed E-state index contributed by atoms with van der Waals surface area (Å²) in [6, 6.07) is 6.70. The second-order valence-electron chi connectivity index (χ2n) is 15.2. The number of amides is 4. The van der Waals surface area contributed by atoms with E-state index in [0.29, 0.717) is 18.5 Å². The number of likely N-dealkylation sites (N-methyl/N-ethyl adjacent to an activating group) is 2. The maximum atomic E-state index is 14.2. The number of likely N-dealkylation sites (tertiary alicyclic amines) is 1. The molecule has 3 N–H and O–H groups in total. The van der Waals surface area contributed by atoms with Crippen LogP contribution in [0.4, 0.5) is 0 Å². The van der Waals surface area contributed by atoms with Crippen LogP contribution in [-0.2, 0) is 28.7 Å². The molecule has 10 atom stereocenters. The van der Waals surface area contributed by atoms with Gasteiger partial charge in [-0.05, 0) is 50.1 Å². The Hall–Kier alpha value is -2.33. The highest BCUT2D eigenvalue weighted by atomic mass is 127. The first-order valence-corrected chi connectivity index (χ1v) is 19.7. The Bertz CT molecular complexity index is 1280. The van der Waals surface area contributed by atoms with E-state index in [2.05, 4.69) is 33.5 Å². The third kappa shape index (κ3) is 11.8. The highest BCUT2D eigenvalue weighted by Gasteiger charge is 2.43. The molecular weight excluding hydrogens is 777 g/mol. The maximum Gasteiger partial charge on any atom is 0.245 e. The number of aliphatic hydroxyl groups is 1. The Labute approximate surface area is 326 Å². The minimum Gasteiger partial charge on any atom is -0.386 e. The molecule has 0 aromatic heterocycles. The highest BCUT2D eigenvalue weighted by molar-refractivity contribution is 14.1. The lowest BCUT2D eigenvalue weighted by Crippen LogP contribution is -2.59. The number of aliphatic hydroxyl groups excluding tert-OH is 1. The van der Waals surface area contributed by atoms with Gasteiger partial charge < -0.3 is 35.0 Å². The van der Waals surface area contributed by atoms with E-state index >= 15 is 0 Å². The number of ether oxygens (including phenoxy) is 2. The lowest BCUT2D eigenvalue weighted by atomic mass is 9.89. The molecule has 12 nitrogen and oxygen atoms in total. The van der Waals surface area contributed by atoms with E-state index in [4.69, 9.17) is 9.47 Å². The number of nitrogens with one attached hydrogen (secondary N) is 2.